The van der Waals surface area contributed by atoms with E-state index in [0.29, 0.717) is 5.75 Å². The minimum Gasteiger partial charge on any atom is -0.507 e. The summed E-state index contributed by atoms with van der Waals surface area (Å²) in [6.07, 6.45) is 1.72. The van der Waals surface area contributed by atoms with Crippen molar-refractivity contribution in [3.63, 3.8) is 0 Å². The summed E-state index contributed by atoms with van der Waals surface area (Å²) in [5.74, 6) is 1.72. The second-order valence-electron chi connectivity index (χ2n) is 6.63. The van der Waals surface area contributed by atoms with Crippen LogP contribution in [0, 0.1) is 40.5 Å². The van der Waals surface area contributed by atoms with Gasteiger partial charge in [0.1, 0.15) is 5.75 Å². The van der Waals surface area contributed by atoms with E-state index in [4.69, 9.17) is 0 Å². The van der Waals surface area contributed by atoms with Gasteiger partial charge >= 0.3 is 0 Å². The molecule has 136 valence electrons. The van der Waals surface area contributed by atoms with E-state index in [2.05, 4.69) is 38.9 Å². The third-order valence-electron chi connectivity index (χ3n) is 3.43. The Morgan fingerprint density at radius 2 is 1.50 bits per heavy atom. The van der Waals surface area contributed by atoms with Gasteiger partial charge in [-0.15, -0.1) is 0 Å². The molecule has 0 atom stereocenters. The molecule has 0 amide bonds. The fourth-order valence-corrected chi connectivity index (χ4v) is 2.30. The van der Waals surface area contributed by atoms with Crippen molar-refractivity contribution >= 4 is 6.21 Å². The molecule has 2 rings (SSSR count). The van der Waals surface area contributed by atoms with Crippen molar-refractivity contribution in [1.29, 1.82) is 0 Å². The van der Waals surface area contributed by atoms with Gasteiger partial charge in [0, 0.05) is 33.4 Å². The zero-order valence-corrected chi connectivity index (χ0v) is 17.0. The topological polar surface area (TPSA) is 37.5 Å². The van der Waals surface area contributed by atoms with E-state index in [1.54, 1.807) is 6.21 Å². The van der Waals surface area contributed by atoms with Gasteiger partial charge in [0.15, 0.2) is 0 Å². The zero-order chi connectivity index (χ0) is 17.7. The number of benzene rings is 1. The Hall–Kier alpha value is -1.54. The second kappa shape index (κ2) is 9.69. The molecule has 1 aromatic heterocycles. The van der Waals surface area contributed by atoms with Crippen molar-refractivity contribution in [2.24, 2.45) is 5.10 Å². The molecule has 0 saturated heterocycles. The number of nitrogens with zero attached hydrogens (tertiary/aromatic N) is 2. The third-order valence-corrected chi connectivity index (χ3v) is 3.43. The summed E-state index contributed by atoms with van der Waals surface area (Å²) in [5, 5.41) is 14.5. The molecule has 0 unspecified atom stereocenters. The minimum absolute atomic E-state index is 0. The number of rotatable bonds is 2. The number of aryl methyl sites for hydroxylation is 4. The van der Waals surface area contributed by atoms with E-state index in [1.165, 1.54) is 11.5 Å². The van der Waals surface area contributed by atoms with Crippen LogP contribution in [-0.2, 0) is 16.5 Å². The molecular formula is C20H29N2NiO-. The molecule has 4 heteroatoms. The van der Waals surface area contributed by atoms with Crippen LogP contribution in [0.4, 0.5) is 0 Å². The molecule has 0 bridgehead atoms. The van der Waals surface area contributed by atoms with Crippen LogP contribution >= 0.6 is 0 Å². The first-order valence-electron chi connectivity index (χ1n) is 7.90. The largest absolute Gasteiger partial charge is 0.507 e. The van der Waals surface area contributed by atoms with Crippen molar-refractivity contribution in [1.82, 2.24) is 4.68 Å². The summed E-state index contributed by atoms with van der Waals surface area (Å²) in [4.78, 5) is 0. The van der Waals surface area contributed by atoms with E-state index >= 15 is 0 Å². The molecule has 0 fully saturated rings. The van der Waals surface area contributed by atoms with Crippen LogP contribution in [0.3, 0.4) is 0 Å². The maximum Gasteiger partial charge on any atom is 0.127 e. The zero-order valence-electron chi connectivity index (χ0n) is 16.0. The number of hydrogen-bond donors (Lipinski definition) is 1. The van der Waals surface area contributed by atoms with Crippen molar-refractivity contribution in [3.05, 3.63) is 57.8 Å². The number of aromatic hydroxyl groups is 1. The first-order valence-corrected chi connectivity index (χ1v) is 7.90. The van der Waals surface area contributed by atoms with Crippen LogP contribution in [0.25, 0.3) is 0 Å². The molecule has 0 saturated carbocycles. The molecule has 0 aliphatic carbocycles. The van der Waals surface area contributed by atoms with Crippen LogP contribution in [0.15, 0.2) is 23.3 Å². The SMILES string of the molecule is C[C-](C)C.Cc1cc(C)c(O)c(/C=N/n2c(C)cc(C)c2C)c1.[Ni]. The van der Waals surface area contributed by atoms with Gasteiger partial charge in [-0.05, 0) is 63.4 Å². The molecule has 1 N–H and O–H groups in total. The summed E-state index contributed by atoms with van der Waals surface area (Å²) in [6.45, 7) is 16.3. The maximum atomic E-state index is 10.0. The van der Waals surface area contributed by atoms with Gasteiger partial charge in [-0.3, -0.25) is 0 Å². The monoisotopic (exact) mass is 371 g/mol. The smallest absolute Gasteiger partial charge is 0.127 e. The number of hydrogen-bond acceptors (Lipinski definition) is 2. The standard InChI is InChI=1S/C16H20N2O.C4H9.Ni/c1-10-6-12(3)16(19)15(7-10)9-17-18-13(4)8-11(2)14(18)5;1-4(2)3;/h6-9,19H,1-5H3;1-3H3;/q;-1;/b17-9+;;. The summed E-state index contributed by atoms with van der Waals surface area (Å²) in [6, 6.07) is 6.00. The van der Waals surface area contributed by atoms with Crippen LogP contribution in [0.5, 0.6) is 5.75 Å². The van der Waals surface area contributed by atoms with Gasteiger partial charge in [0.25, 0.3) is 0 Å². The van der Waals surface area contributed by atoms with Crippen molar-refractivity contribution in [2.75, 3.05) is 0 Å². The molecule has 1 heterocycles. The van der Waals surface area contributed by atoms with E-state index in [-0.39, 0.29) is 16.5 Å². The number of phenols is 1. The van der Waals surface area contributed by atoms with E-state index in [0.717, 1.165) is 28.1 Å². The Morgan fingerprint density at radius 3 is 1.96 bits per heavy atom. The van der Waals surface area contributed by atoms with E-state index in [1.807, 2.05) is 44.5 Å². The molecular weight excluding hydrogens is 343 g/mol. The molecule has 24 heavy (non-hydrogen) atoms. The van der Waals surface area contributed by atoms with Gasteiger partial charge in [-0.25, -0.2) is 4.68 Å². The van der Waals surface area contributed by atoms with Crippen LogP contribution in [0.2, 0.25) is 0 Å². The predicted molar refractivity (Wildman–Crippen MR) is 99.5 cm³/mol. The first kappa shape index (κ1) is 22.5. The van der Waals surface area contributed by atoms with Crippen LogP contribution in [0.1, 0.15) is 54.4 Å². The summed E-state index contributed by atoms with van der Waals surface area (Å²) >= 11 is 0. The fourth-order valence-electron chi connectivity index (χ4n) is 2.30. The van der Waals surface area contributed by atoms with Crippen molar-refractivity contribution in [3.8, 4) is 5.75 Å². The average molecular weight is 372 g/mol. The molecule has 0 radical (unpaired) electrons. The molecule has 1 aromatic carbocycles. The molecule has 0 spiro atoms. The van der Waals surface area contributed by atoms with Gasteiger partial charge in [-0.1, -0.05) is 6.07 Å². The fraction of sp³-hybridized carbons (Fsp3) is 0.400. The Kier molecular flexibility index (Phi) is 9.06. The minimum atomic E-state index is 0. The van der Waals surface area contributed by atoms with Crippen LogP contribution in [-0.4, -0.2) is 16.0 Å². The predicted octanol–water partition coefficient (Wildman–Crippen LogP) is 5.24. The summed E-state index contributed by atoms with van der Waals surface area (Å²) in [7, 11) is 0. The molecule has 3 nitrogen and oxygen atoms in total. The Morgan fingerprint density at radius 1 is 0.958 bits per heavy atom. The van der Waals surface area contributed by atoms with E-state index in [9.17, 15) is 5.11 Å². The third kappa shape index (κ3) is 6.16. The van der Waals surface area contributed by atoms with Gasteiger partial charge in [-0.2, -0.15) is 25.9 Å². The molecule has 0 aliphatic heterocycles. The van der Waals surface area contributed by atoms with Crippen LogP contribution < -0.4 is 0 Å². The van der Waals surface area contributed by atoms with Gasteiger partial charge in [0.2, 0.25) is 0 Å². The normalized spacial score (nSPS) is 10.5. The Labute approximate surface area is 156 Å². The quantitative estimate of drug-likeness (QED) is 0.437. The first-order chi connectivity index (χ1) is 10.6. The number of aromatic nitrogens is 1. The second-order valence-corrected chi connectivity index (χ2v) is 6.63. The maximum absolute atomic E-state index is 10.0. The Balaban J connectivity index is 0.000000954. The van der Waals surface area contributed by atoms with Crippen molar-refractivity contribution in [2.45, 2.75) is 55.4 Å². The van der Waals surface area contributed by atoms with Crippen molar-refractivity contribution < 1.29 is 21.6 Å². The number of phenolic OH excluding ortho intramolecular Hbond substituents is 1. The molecule has 2 aromatic rings. The van der Waals surface area contributed by atoms with Gasteiger partial charge in [0.05, 0.1) is 6.21 Å². The van der Waals surface area contributed by atoms with Gasteiger partial charge < -0.3 is 11.0 Å². The summed E-state index contributed by atoms with van der Waals surface area (Å²) < 4.78 is 1.90. The molecule has 0 aliphatic rings. The Bertz CT molecular complexity index is 697. The summed E-state index contributed by atoms with van der Waals surface area (Å²) in [5.41, 5.74) is 6.18. The average Bonchev–Trinajstić information content (AvgIpc) is 2.66. The van der Waals surface area contributed by atoms with E-state index < -0.39 is 0 Å².